The number of aryl methyl sites for hydroxylation is 1. The molecule has 1 aromatic heterocycles. The second-order valence-corrected chi connectivity index (χ2v) is 12.1. The minimum Gasteiger partial charge on any atom is -0.340 e. The van der Waals surface area contributed by atoms with Crippen LogP contribution in [0.2, 0.25) is 5.02 Å². The molecule has 0 aliphatic carbocycles. The molecule has 41 heavy (non-hydrogen) atoms. The van der Waals surface area contributed by atoms with E-state index in [1.165, 1.54) is 32.9 Å². The van der Waals surface area contributed by atoms with Crippen LogP contribution in [-0.4, -0.2) is 35.0 Å². The molecule has 2 heterocycles. The highest BCUT2D eigenvalue weighted by Gasteiger charge is 2.21. The molecule has 0 atom stereocenters. The van der Waals surface area contributed by atoms with Crippen LogP contribution in [0.4, 0.5) is 5.69 Å². The summed E-state index contributed by atoms with van der Waals surface area (Å²) in [7, 11) is 0. The molecule has 5 heteroatoms. The summed E-state index contributed by atoms with van der Waals surface area (Å²) in [5.41, 5.74) is 5.93. The number of benzene rings is 4. The van der Waals surface area contributed by atoms with E-state index in [0.29, 0.717) is 5.92 Å². The molecule has 1 saturated heterocycles. The van der Waals surface area contributed by atoms with Gasteiger partial charge in [-0.1, -0.05) is 86.1 Å². The van der Waals surface area contributed by atoms with Gasteiger partial charge in [0.2, 0.25) is 5.91 Å². The second-order valence-electron chi connectivity index (χ2n) is 11.7. The molecule has 1 fully saturated rings. The van der Waals surface area contributed by atoms with E-state index >= 15 is 0 Å². The van der Waals surface area contributed by atoms with Gasteiger partial charge in [0.25, 0.3) is 0 Å². The van der Waals surface area contributed by atoms with E-state index in [-0.39, 0.29) is 11.8 Å². The Hall–Kier alpha value is -3.60. The molecule has 0 unspecified atom stereocenters. The number of nitrogens with one attached hydrogen (secondary N) is 1. The van der Waals surface area contributed by atoms with Crippen LogP contribution in [0.5, 0.6) is 0 Å². The number of nitrogens with zero attached hydrogens (tertiary/aromatic N) is 2. The number of rotatable bonds is 8. The van der Waals surface area contributed by atoms with Crippen LogP contribution < -0.4 is 5.32 Å². The quantitative estimate of drug-likeness (QED) is 0.204. The first-order valence-corrected chi connectivity index (χ1v) is 15.2. The Morgan fingerprint density at radius 1 is 0.878 bits per heavy atom. The largest absolute Gasteiger partial charge is 0.340 e. The Kier molecular flexibility index (Phi) is 8.13. The summed E-state index contributed by atoms with van der Waals surface area (Å²) in [6, 6.07) is 32.1. The number of fused-ring (bicyclic) bond motifs is 3. The normalized spacial score (nSPS) is 14.7. The van der Waals surface area contributed by atoms with Crippen LogP contribution in [0, 0.1) is 5.92 Å². The molecule has 0 radical (unpaired) electrons. The first-order chi connectivity index (χ1) is 20.0. The number of likely N-dealkylation sites (tertiary alicyclic amines) is 1. The maximum atomic E-state index is 12.2. The van der Waals surface area contributed by atoms with Crippen molar-refractivity contribution in [3.05, 3.63) is 102 Å². The van der Waals surface area contributed by atoms with E-state index in [0.717, 1.165) is 61.7 Å². The Morgan fingerprint density at radius 3 is 2.46 bits per heavy atom. The van der Waals surface area contributed by atoms with Crippen molar-refractivity contribution in [1.82, 2.24) is 9.47 Å². The van der Waals surface area contributed by atoms with Crippen LogP contribution in [0.1, 0.15) is 44.6 Å². The fourth-order valence-corrected chi connectivity index (χ4v) is 6.44. The summed E-state index contributed by atoms with van der Waals surface area (Å²) >= 11 is 6.41. The molecule has 0 saturated carbocycles. The standard InChI is InChI=1S/C36H38ClN3O/c1-25(2)36(41)38-32-12-6-9-28(23-32)26-16-20-39(21-17-26)18-7-19-40-34(29-10-5-11-31(37)22-29)24-30-15-14-27-8-3-4-13-33(27)35(30)40/h3-6,8-15,22-26H,7,16-21H2,1-2H3,(H,38,41). The van der Waals surface area contributed by atoms with E-state index < -0.39 is 0 Å². The lowest BCUT2D eigenvalue weighted by Gasteiger charge is -2.32. The highest BCUT2D eigenvalue weighted by molar-refractivity contribution is 6.30. The third kappa shape index (κ3) is 6.05. The molecule has 0 bridgehead atoms. The van der Waals surface area contributed by atoms with Crippen molar-refractivity contribution in [3.63, 3.8) is 0 Å². The summed E-state index contributed by atoms with van der Waals surface area (Å²) in [6.07, 6.45) is 3.38. The van der Waals surface area contributed by atoms with Gasteiger partial charge in [-0.15, -0.1) is 0 Å². The minimum atomic E-state index is -0.0216. The first-order valence-electron chi connectivity index (χ1n) is 14.9. The van der Waals surface area contributed by atoms with Crippen LogP contribution >= 0.6 is 11.6 Å². The molecule has 1 N–H and O–H groups in total. The molecule has 1 aliphatic heterocycles. The fraction of sp³-hybridized carbons (Fsp3) is 0.306. The van der Waals surface area contributed by atoms with E-state index in [1.807, 2.05) is 32.0 Å². The Bertz CT molecular complexity index is 1680. The number of amides is 1. The maximum Gasteiger partial charge on any atom is 0.226 e. The van der Waals surface area contributed by atoms with E-state index in [2.05, 4.69) is 87.6 Å². The van der Waals surface area contributed by atoms with Gasteiger partial charge in [0.1, 0.15) is 0 Å². The van der Waals surface area contributed by atoms with Gasteiger partial charge < -0.3 is 14.8 Å². The summed E-state index contributed by atoms with van der Waals surface area (Å²) in [5, 5.41) is 7.66. The van der Waals surface area contributed by atoms with Crippen LogP contribution in [0.3, 0.4) is 0 Å². The first kappa shape index (κ1) is 27.6. The smallest absolute Gasteiger partial charge is 0.226 e. The molecule has 6 rings (SSSR count). The number of aromatic nitrogens is 1. The minimum absolute atomic E-state index is 0.0216. The predicted octanol–water partition coefficient (Wildman–Crippen LogP) is 8.98. The fourth-order valence-electron chi connectivity index (χ4n) is 6.25. The lowest BCUT2D eigenvalue weighted by Crippen LogP contribution is -2.34. The number of piperidine rings is 1. The van der Waals surface area contributed by atoms with Crippen molar-refractivity contribution < 1.29 is 4.79 Å². The zero-order valence-electron chi connectivity index (χ0n) is 23.9. The zero-order valence-corrected chi connectivity index (χ0v) is 24.7. The second kappa shape index (κ2) is 12.1. The summed E-state index contributed by atoms with van der Waals surface area (Å²) in [6.45, 7) is 8.09. The summed E-state index contributed by atoms with van der Waals surface area (Å²) in [5.74, 6) is 0.585. The lowest BCUT2D eigenvalue weighted by atomic mass is 9.89. The summed E-state index contributed by atoms with van der Waals surface area (Å²) in [4.78, 5) is 14.8. The molecule has 4 nitrogen and oxygen atoms in total. The molecule has 1 aliphatic rings. The predicted molar refractivity (Wildman–Crippen MR) is 173 cm³/mol. The highest BCUT2D eigenvalue weighted by atomic mass is 35.5. The van der Waals surface area contributed by atoms with Crippen molar-refractivity contribution in [3.8, 4) is 11.3 Å². The molecule has 4 aromatic carbocycles. The van der Waals surface area contributed by atoms with Crippen molar-refractivity contribution in [2.45, 2.75) is 45.6 Å². The van der Waals surface area contributed by atoms with Crippen LogP contribution in [0.15, 0.2) is 91.0 Å². The highest BCUT2D eigenvalue weighted by Crippen LogP contribution is 2.35. The van der Waals surface area contributed by atoms with Crippen molar-refractivity contribution in [1.29, 1.82) is 0 Å². The lowest BCUT2D eigenvalue weighted by molar-refractivity contribution is -0.118. The molecular weight excluding hydrogens is 526 g/mol. The van der Waals surface area contributed by atoms with Crippen molar-refractivity contribution in [2.75, 3.05) is 25.0 Å². The topological polar surface area (TPSA) is 37.3 Å². The van der Waals surface area contributed by atoms with Gasteiger partial charge in [-0.05, 0) is 91.7 Å². The van der Waals surface area contributed by atoms with Crippen LogP contribution in [0.25, 0.3) is 32.9 Å². The Balaban J connectivity index is 1.15. The van der Waals surface area contributed by atoms with E-state index in [1.54, 1.807) is 0 Å². The SMILES string of the molecule is CC(C)C(=O)Nc1cccc(C2CCN(CCCn3c(-c4cccc(Cl)c4)cc4ccc5ccccc5c43)CC2)c1. The number of anilines is 1. The summed E-state index contributed by atoms with van der Waals surface area (Å²) < 4.78 is 2.51. The van der Waals surface area contributed by atoms with Gasteiger partial charge >= 0.3 is 0 Å². The number of carbonyl (C=O) groups is 1. The monoisotopic (exact) mass is 563 g/mol. The van der Waals surface area contributed by atoms with Gasteiger partial charge in [0.15, 0.2) is 0 Å². The molecule has 1 amide bonds. The number of hydrogen-bond acceptors (Lipinski definition) is 2. The third-order valence-electron chi connectivity index (χ3n) is 8.50. The molecular formula is C36H38ClN3O. The molecule has 210 valence electrons. The Morgan fingerprint density at radius 2 is 1.66 bits per heavy atom. The van der Waals surface area contributed by atoms with Gasteiger partial charge in [0.05, 0.1) is 5.52 Å². The van der Waals surface area contributed by atoms with Gasteiger partial charge in [-0.3, -0.25) is 4.79 Å². The zero-order chi connectivity index (χ0) is 28.3. The van der Waals surface area contributed by atoms with Crippen molar-refractivity contribution >= 4 is 44.9 Å². The number of hydrogen-bond donors (Lipinski definition) is 1. The van der Waals surface area contributed by atoms with E-state index in [4.69, 9.17) is 11.6 Å². The number of carbonyl (C=O) groups excluding carboxylic acids is 1. The van der Waals surface area contributed by atoms with Gasteiger partial charge in [0, 0.05) is 39.6 Å². The molecule has 5 aromatic rings. The third-order valence-corrected chi connectivity index (χ3v) is 8.73. The van der Waals surface area contributed by atoms with E-state index in [9.17, 15) is 4.79 Å². The van der Waals surface area contributed by atoms with Crippen molar-refractivity contribution in [2.24, 2.45) is 5.92 Å². The molecule has 0 spiro atoms. The maximum absolute atomic E-state index is 12.2. The average molecular weight is 564 g/mol. The Labute approximate surface area is 247 Å². The van der Waals surface area contributed by atoms with Gasteiger partial charge in [-0.2, -0.15) is 0 Å². The van der Waals surface area contributed by atoms with Gasteiger partial charge in [-0.25, -0.2) is 0 Å². The average Bonchev–Trinajstić information content (AvgIpc) is 3.37. The van der Waals surface area contributed by atoms with Crippen LogP contribution in [-0.2, 0) is 11.3 Å². The number of halogens is 1.